The lowest BCUT2D eigenvalue weighted by atomic mass is 9.80. The van der Waals surface area contributed by atoms with Gasteiger partial charge in [0, 0.05) is 21.9 Å². The predicted molar refractivity (Wildman–Crippen MR) is 208 cm³/mol. The number of para-hydroxylation sites is 1. The van der Waals surface area contributed by atoms with E-state index in [9.17, 15) is 0 Å². The molecule has 1 aromatic heterocycles. The highest BCUT2D eigenvalue weighted by Crippen LogP contribution is 2.46. The first-order valence-corrected chi connectivity index (χ1v) is 16.3. The molecule has 1 heterocycles. The van der Waals surface area contributed by atoms with E-state index in [1.54, 1.807) is 0 Å². The molecule has 0 N–H and O–H groups in total. The largest absolute Gasteiger partial charge is 0.455 e. The van der Waals surface area contributed by atoms with Crippen LogP contribution in [0.2, 0.25) is 0 Å². The van der Waals surface area contributed by atoms with E-state index in [0.717, 1.165) is 38.6 Å². The number of hydrogen-bond donors (Lipinski definition) is 0. The molecular formula is C45H37BO. The maximum atomic E-state index is 6.82. The van der Waals surface area contributed by atoms with Gasteiger partial charge in [0.05, 0.1) is 0 Å². The average Bonchev–Trinajstić information content (AvgIpc) is 3.50. The van der Waals surface area contributed by atoms with Gasteiger partial charge in [-0.05, 0) is 81.8 Å². The molecule has 0 unspecified atom stereocenters. The predicted octanol–water partition coefficient (Wildman–Crippen LogP) is 11.5. The van der Waals surface area contributed by atoms with E-state index in [1.165, 1.54) is 54.8 Å². The summed E-state index contributed by atoms with van der Waals surface area (Å²) >= 11 is 0. The molecule has 0 bridgehead atoms. The quantitative estimate of drug-likeness (QED) is 0.100. The van der Waals surface area contributed by atoms with E-state index >= 15 is 0 Å². The number of allylic oxidation sites excluding steroid dienone is 9. The van der Waals surface area contributed by atoms with Gasteiger partial charge in [-0.15, -0.1) is 0 Å². The molecule has 0 saturated carbocycles. The van der Waals surface area contributed by atoms with Crippen LogP contribution in [0.4, 0.5) is 0 Å². The van der Waals surface area contributed by atoms with Gasteiger partial charge in [-0.3, -0.25) is 0 Å². The normalized spacial score (nSPS) is 13.0. The summed E-state index contributed by atoms with van der Waals surface area (Å²) in [6.45, 7) is 10.3. The second-order valence-electron chi connectivity index (χ2n) is 12.2. The molecule has 2 heteroatoms. The number of hydrogen-bond acceptors (Lipinski definition) is 1. The topological polar surface area (TPSA) is 13.1 Å². The van der Waals surface area contributed by atoms with Crippen LogP contribution in [0.1, 0.15) is 26.3 Å². The second kappa shape index (κ2) is 12.7. The monoisotopic (exact) mass is 604 g/mol. The van der Waals surface area contributed by atoms with Crippen LogP contribution < -0.4 is 5.46 Å². The molecule has 0 amide bonds. The second-order valence-corrected chi connectivity index (χ2v) is 12.2. The van der Waals surface area contributed by atoms with Crippen LogP contribution in [0.3, 0.4) is 0 Å². The molecule has 226 valence electrons. The van der Waals surface area contributed by atoms with Gasteiger partial charge >= 0.3 is 0 Å². The van der Waals surface area contributed by atoms with Crippen molar-refractivity contribution in [2.24, 2.45) is 0 Å². The van der Waals surface area contributed by atoms with Crippen molar-refractivity contribution in [3.63, 3.8) is 0 Å². The van der Waals surface area contributed by atoms with Crippen molar-refractivity contribution < 1.29 is 4.42 Å². The Hall–Kier alpha value is -5.60. The molecule has 0 radical (unpaired) electrons. The van der Waals surface area contributed by atoms with Gasteiger partial charge < -0.3 is 4.42 Å². The summed E-state index contributed by atoms with van der Waals surface area (Å²) in [7, 11) is 2.22. The van der Waals surface area contributed by atoms with Gasteiger partial charge in [0.25, 0.3) is 0 Å². The lowest BCUT2D eigenvalue weighted by Gasteiger charge is -2.19. The van der Waals surface area contributed by atoms with Crippen LogP contribution >= 0.6 is 0 Å². The SMILES string of the molecule is Bc1cccc2c(-c3cccc4c3oc3cccc(/C(C)=C/C=C(C)/C(C=C)=C/C=C\C)c34)c3ccccc3c(-c3ccccc3)c12. The fourth-order valence-electron chi connectivity index (χ4n) is 6.97. The third-order valence-corrected chi connectivity index (χ3v) is 9.26. The van der Waals surface area contributed by atoms with Crippen LogP contribution in [0.25, 0.3) is 71.3 Å². The molecular weight excluding hydrogens is 567 g/mol. The van der Waals surface area contributed by atoms with E-state index in [0.29, 0.717) is 0 Å². The fraction of sp³-hybridized carbons (Fsp3) is 0.0667. The molecule has 7 aromatic rings. The van der Waals surface area contributed by atoms with Crippen molar-refractivity contribution in [1.29, 1.82) is 0 Å². The Morgan fingerprint density at radius 2 is 1.34 bits per heavy atom. The molecule has 7 rings (SSSR count). The highest BCUT2D eigenvalue weighted by molar-refractivity contribution is 6.43. The Kier molecular flexibility index (Phi) is 8.10. The van der Waals surface area contributed by atoms with Gasteiger partial charge in [-0.1, -0.05) is 152 Å². The molecule has 0 aliphatic rings. The number of fused-ring (bicyclic) bond motifs is 5. The van der Waals surface area contributed by atoms with E-state index < -0.39 is 0 Å². The Morgan fingerprint density at radius 3 is 2.11 bits per heavy atom. The Balaban J connectivity index is 1.49. The van der Waals surface area contributed by atoms with Crippen LogP contribution in [0, 0.1) is 0 Å². The third-order valence-electron chi connectivity index (χ3n) is 9.26. The van der Waals surface area contributed by atoms with Crippen molar-refractivity contribution in [3.05, 3.63) is 169 Å². The molecule has 0 fully saturated rings. The highest BCUT2D eigenvalue weighted by Gasteiger charge is 2.21. The Labute approximate surface area is 278 Å². The summed E-state index contributed by atoms with van der Waals surface area (Å²) < 4.78 is 6.82. The molecule has 0 atom stereocenters. The zero-order chi connectivity index (χ0) is 32.5. The van der Waals surface area contributed by atoms with E-state index in [-0.39, 0.29) is 0 Å². The maximum Gasteiger partial charge on any atom is 0.143 e. The maximum absolute atomic E-state index is 6.82. The smallest absolute Gasteiger partial charge is 0.143 e. The van der Waals surface area contributed by atoms with Crippen molar-refractivity contribution in [2.45, 2.75) is 20.8 Å². The first kappa shape index (κ1) is 30.1. The van der Waals surface area contributed by atoms with Gasteiger partial charge in [-0.25, -0.2) is 0 Å². The molecule has 1 nitrogen and oxygen atoms in total. The molecule has 0 saturated heterocycles. The standard InChI is InChI=1S/C45H37BO/c1-5-7-16-31(6-2)29(3)27-28-30(4)33-21-15-26-40-43(33)38-24-13-23-37(45(38)47-40)42-35-20-12-11-19-34(35)41(32-17-9-8-10-18-32)44-36(42)22-14-25-39(44)46/h5-28H,2,46H2,1,3-4H3/b7-5-,29-27+,30-28+,31-16+. The summed E-state index contributed by atoms with van der Waals surface area (Å²) in [6, 6.07) is 39.3. The highest BCUT2D eigenvalue weighted by atomic mass is 16.3. The zero-order valence-corrected chi connectivity index (χ0v) is 27.5. The third kappa shape index (κ3) is 5.26. The minimum Gasteiger partial charge on any atom is -0.455 e. The Bertz CT molecular complexity index is 2450. The van der Waals surface area contributed by atoms with E-state index in [4.69, 9.17) is 4.42 Å². The van der Waals surface area contributed by atoms with Crippen LogP contribution in [0.5, 0.6) is 0 Å². The zero-order valence-electron chi connectivity index (χ0n) is 27.5. The van der Waals surface area contributed by atoms with Gasteiger partial charge in [-0.2, -0.15) is 0 Å². The number of benzene rings is 6. The van der Waals surface area contributed by atoms with Crippen molar-refractivity contribution in [1.82, 2.24) is 0 Å². The molecule has 0 aliphatic carbocycles. The van der Waals surface area contributed by atoms with Crippen molar-refractivity contribution >= 4 is 62.4 Å². The lowest BCUT2D eigenvalue weighted by Crippen LogP contribution is -2.06. The van der Waals surface area contributed by atoms with Crippen LogP contribution in [0.15, 0.2) is 168 Å². The first-order valence-electron chi connectivity index (χ1n) is 16.3. The van der Waals surface area contributed by atoms with Crippen molar-refractivity contribution in [2.75, 3.05) is 0 Å². The number of furan rings is 1. The van der Waals surface area contributed by atoms with Crippen molar-refractivity contribution in [3.8, 4) is 22.3 Å². The molecule has 0 aliphatic heterocycles. The average molecular weight is 605 g/mol. The van der Waals surface area contributed by atoms with Gasteiger partial charge in [0.1, 0.15) is 19.0 Å². The summed E-state index contributed by atoms with van der Waals surface area (Å²) in [6.07, 6.45) is 12.4. The molecule has 0 spiro atoms. The van der Waals surface area contributed by atoms with Gasteiger partial charge in [0.15, 0.2) is 0 Å². The summed E-state index contributed by atoms with van der Waals surface area (Å²) in [5.74, 6) is 0. The summed E-state index contributed by atoms with van der Waals surface area (Å²) in [5, 5.41) is 7.24. The van der Waals surface area contributed by atoms with Gasteiger partial charge in [0.2, 0.25) is 0 Å². The molecule has 6 aromatic carbocycles. The fourth-order valence-corrected chi connectivity index (χ4v) is 6.97. The lowest BCUT2D eigenvalue weighted by molar-refractivity contribution is 0.670. The van der Waals surface area contributed by atoms with E-state index in [1.807, 2.05) is 25.2 Å². The van der Waals surface area contributed by atoms with Crippen LogP contribution in [-0.2, 0) is 0 Å². The van der Waals surface area contributed by atoms with Crippen LogP contribution in [-0.4, -0.2) is 7.85 Å². The minimum atomic E-state index is 0.892. The first-order chi connectivity index (χ1) is 23.0. The number of rotatable bonds is 7. The Morgan fingerprint density at radius 1 is 0.660 bits per heavy atom. The summed E-state index contributed by atoms with van der Waals surface area (Å²) in [4.78, 5) is 0. The summed E-state index contributed by atoms with van der Waals surface area (Å²) in [5.41, 5.74) is 12.5. The minimum absolute atomic E-state index is 0.892. The molecule has 47 heavy (non-hydrogen) atoms. The van der Waals surface area contributed by atoms with E-state index in [2.05, 4.69) is 156 Å².